The van der Waals surface area contributed by atoms with Crippen LogP contribution in [0, 0.1) is 5.82 Å². The van der Waals surface area contributed by atoms with E-state index in [1.165, 1.54) is 12.1 Å². The Morgan fingerprint density at radius 1 is 1.17 bits per heavy atom. The molecule has 3 rings (SSSR count). The summed E-state index contributed by atoms with van der Waals surface area (Å²) in [6, 6.07) is 11.3. The molecule has 1 saturated heterocycles. The van der Waals surface area contributed by atoms with Crippen LogP contribution in [0.15, 0.2) is 42.5 Å². The van der Waals surface area contributed by atoms with Gasteiger partial charge in [0, 0.05) is 24.5 Å². The Morgan fingerprint density at radius 3 is 2.70 bits per heavy atom. The molecule has 0 radical (unpaired) electrons. The summed E-state index contributed by atoms with van der Waals surface area (Å²) in [5.41, 5.74) is 1.93. The number of anilines is 2. The maximum absolute atomic E-state index is 13.1. The highest BCUT2D eigenvalue weighted by Gasteiger charge is 2.14. The van der Waals surface area contributed by atoms with Crippen LogP contribution in [0.3, 0.4) is 0 Å². The van der Waals surface area contributed by atoms with Crippen molar-refractivity contribution >= 4 is 28.9 Å². The first kappa shape index (κ1) is 15.8. The van der Waals surface area contributed by atoms with Gasteiger partial charge in [-0.2, -0.15) is 0 Å². The minimum Gasteiger partial charge on any atom is -0.378 e. The number of nitrogens with zero attached hydrogens (tertiary/aromatic N) is 1. The van der Waals surface area contributed by atoms with Gasteiger partial charge in [0.1, 0.15) is 5.82 Å². The fourth-order valence-electron chi connectivity index (χ4n) is 2.47. The summed E-state index contributed by atoms with van der Waals surface area (Å²) in [4.78, 5) is 14.5. The van der Waals surface area contributed by atoms with E-state index in [0.717, 1.165) is 24.8 Å². The van der Waals surface area contributed by atoms with Gasteiger partial charge in [0.05, 0.1) is 23.8 Å². The molecule has 120 valence electrons. The molecular weight excluding hydrogens is 319 g/mol. The number of hydrogen-bond acceptors (Lipinski definition) is 3. The molecule has 0 atom stereocenters. The van der Waals surface area contributed by atoms with E-state index in [9.17, 15) is 9.18 Å². The number of ether oxygens (including phenoxy) is 1. The number of benzene rings is 2. The van der Waals surface area contributed by atoms with Crippen LogP contribution in [-0.2, 0) is 4.74 Å². The van der Waals surface area contributed by atoms with Crippen molar-refractivity contribution in [2.75, 3.05) is 36.5 Å². The zero-order valence-electron chi connectivity index (χ0n) is 12.4. The van der Waals surface area contributed by atoms with E-state index >= 15 is 0 Å². The SMILES string of the molecule is O=C(Nc1cccc(N2CCOCC2)c1)c1ccc(F)cc1Cl. The molecule has 6 heteroatoms. The maximum atomic E-state index is 13.1. The monoisotopic (exact) mass is 334 g/mol. The number of morpholine rings is 1. The average Bonchev–Trinajstić information content (AvgIpc) is 2.56. The highest BCUT2D eigenvalue weighted by molar-refractivity contribution is 6.34. The third kappa shape index (κ3) is 3.81. The number of halogens is 2. The molecule has 1 N–H and O–H groups in total. The summed E-state index contributed by atoms with van der Waals surface area (Å²) in [6.45, 7) is 3.03. The summed E-state index contributed by atoms with van der Waals surface area (Å²) < 4.78 is 18.4. The average molecular weight is 335 g/mol. The van der Waals surface area contributed by atoms with Crippen molar-refractivity contribution in [3.8, 4) is 0 Å². The Morgan fingerprint density at radius 2 is 1.96 bits per heavy atom. The quantitative estimate of drug-likeness (QED) is 0.933. The summed E-state index contributed by atoms with van der Waals surface area (Å²) >= 11 is 5.92. The van der Waals surface area contributed by atoms with Gasteiger partial charge in [0.15, 0.2) is 0 Å². The van der Waals surface area contributed by atoms with Crippen LogP contribution >= 0.6 is 11.6 Å². The molecule has 1 aliphatic rings. The van der Waals surface area contributed by atoms with Crippen LogP contribution in [-0.4, -0.2) is 32.2 Å². The van der Waals surface area contributed by atoms with Gasteiger partial charge in [0.2, 0.25) is 0 Å². The van der Waals surface area contributed by atoms with Gasteiger partial charge in [0.25, 0.3) is 5.91 Å². The number of carbonyl (C=O) groups is 1. The number of amides is 1. The largest absolute Gasteiger partial charge is 0.378 e. The van der Waals surface area contributed by atoms with Crippen LogP contribution < -0.4 is 10.2 Å². The van der Waals surface area contributed by atoms with Crippen LogP contribution in [0.2, 0.25) is 5.02 Å². The second-order valence-corrected chi connectivity index (χ2v) is 5.64. The van der Waals surface area contributed by atoms with E-state index in [-0.39, 0.29) is 16.5 Å². The summed E-state index contributed by atoms with van der Waals surface area (Å²) in [5.74, 6) is -0.838. The van der Waals surface area contributed by atoms with Gasteiger partial charge in [-0.3, -0.25) is 4.79 Å². The molecule has 1 heterocycles. The van der Waals surface area contributed by atoms with E-state index in [0.29, 0.717) is 18.9 Å². The smallest absolute Gasteiger partial charge is 0.257 e. The lowest BCUT2D eigenvalue weighted by Crippen LogP contribution is -2.36. The third-order valence-corrected chi connectivity index (χ3v) is 3.97. The number of carbonyl (C=O) groups excluding carboxylic acids is 1. The van der Waals surface area contributed by atoms with Crippen LogP contribution in [0.1, 0.15) is 10.4 Å². The molecule has 1 fully saturated rings. The van der Waals surface area contributed by atoms with Crippen molar-refractivity contribution in [3.05, 3.63) is 58.9 Å². The molecule has 23 heavy (non-hydrogen) atoms. The van der Waals surface area contributed by atoms with Crippen molar-refractivity contribution in [2.24, 2.45) is 0 Å². The van der Waals surface area contributed by atoms with Gasteiger partial charge in [-0.15, -0.1) is 0 Å². The minimum atomic E-state index is -0.471. The molecule has 0 spiro atoms. The standard InChI is InChI=1S/C17H16ClFN2O2/c18-16-10-12(19)4-5-15(16)17(22)20-13-2-1-3-14(11-13)21-6-8-23-9-7-21/h1-5,10-11H,6-9H2,(H,20,22). The predicted octanol–water partition coefficient (Wildman–Crippen LogP) is 3.57. The Bertz CT molecular complexity index is 717. The summed E-state index contributed by atoms with van der Waals surface area (Å²) in [6.07, 6.45) is 0. The maximum Gasteiger partial charge on any atom is 0.257 e. The second kappa shape index (κ2) is 6.98. The Balaban J connectivity index is 1.75. The highest BCUT2D eigenvalue weighted by atomic mass is 35.5. The fourth-order valence-corrected chi connectivity index (χ4v) is 2.73. The molecule has 1 amide bonds. The topological polar surface area (TPSA) is 41.6 Å². The zero-order valence-corrected chi connectivity index (χ0v) is 13.1. The van der Waals surface area contributed by atoms with Crippen LogP contribution in [0.5, 0.6) is 0 Å². The first-order chi connectivity index (χ1) is 11.1. The van der Waals surface area contributed by atoms with Crippen LogP contribution in [0.25, 0.3) is 0 Å². The summed E-state index contributed by atoms with van der Waals surface area (Å²) in [7, 11) is 0. The van der Waals surface area contributed by atoms with Crippen LogP contribution in [0.4, 0.5) is 15.8 Å². The van der Waals surface area contributed by atoms with Crippen molar-refractivity contribution in [1.82, 2.24) is 0 Å². The lowest BCUT2D eigenvalue weighted by atomic mass is 10.2. The van der Waals surface area contributed by atoms with E-state index in [2.05, 4.69) is 10.2 Å². The third-order valence-electron chi connectivity index (χ3n) is 3.66. The Labute approximate surface area is 138 Å². The molecule has 2 aromatic carbocycles. The predicted molar refractivity (Wildman–Crippen MR) is 88.8 cm³/mol. The lowest BCUT2D eigenvalue weighted by molar-refractivity contribution is 0.102. The van der Waals surface area contributed by atoms with Gasteiger partial charge in [-0.05, 0) is 36.4 Å². The fraction of sp³-hybridized carbons (Fsp3) is 0.235. The minimum absolute atomic E-state index is 0.0897. The van der Waals surface area contributed by atoms with Crippen molar-refractivity contribution in [3.63, 3.8) is 0 Å². The van der Waals surface area contributed by atoms with Crippen molar-refractivity contribution in [1.29, 1.82) is 0 Å². The molecule has 2 aromatic rings. The first-order valence-electron chi connectivity index (χ1n) is 7.32. The molecular formula is C17H16ClFN2O2. The van der Waals surface area contributed by atoms with Gasteiger partial charge in [-0.1, -0.05) is 17.7 Å². The molecule has 4 nitrogen and oxygen atoms in total. The van der Waals surface area contributed by atoms with Gasteiger partial charge < -0.3 is 15.0 Å². The zero-order chi connectivity index (χ0) is 16.2. The van der Waals surface area contributed by atoms with Crippen molar-refractivity contribution < 1.29 is 13.9 Å². The normalized spacial score (nSPS) is 14.6. The number of rotatable bonds is 3. The highest BCUT2D eigenvalue weighted by Crippen LogP contribution is 2.23. The van der Waals surface area contributed by atoms with Gasteiger partial charge in [-0.25, -0.2) is 4.39 Å². The molecule has 0 saturated carbocycles. The van der Waals surface area contributed by atoms with E-state index in [1.54, 1.807) is 6.07 Å². The van der Waals surface area contributed by atoms with Gasteiger partial charge >= 0.3 is 0 Å². The van der Waals surface area contributed by atoms with E-state index < -0.39 is 5.82 Å². The number of nitrogens with one attached hydrogen (secondary N) is 1. The second-order valence-electron chi connectivity index (χ2n) is 5.23. The molecule has 0 bridgehead atoms. The van der Waals surface area contributed by atoms with Crippen molar-refractivity contribution in [2.45, 2.75) is 0 Å². The lowest BCUT2D eigenvalue weighted by Gasteiger charge is -2.29. The molecule has 1 aliphatic heterocycles. The Kier molecular flexibility index (Phi) is 4.79. The number of hydrogen-bond donors (Lipinski definition) is 1. The Hall–Kier alpha value is -2.11. The molecule has 0 aliphatic carbocycles. The first-order valence-corrected chi connectivity index (χ1v) is 7.70. The van der Waals surface area contributed by atoms with E-state index in [1.807, 2.05) is 18.2 Å². The summed E-state index contributed by atoms with van der Waals surface area (Å²) in [5, 5.41) is 2.88. The molecule has 0 aromatic heterocycles. The molecule has 0 unspecified atom stereocenters. The van der Waals surface area contributed by atoms with E-state index in [4.69, 9.17) is 16.3 Å².